The van der Waals surface area contributed by atoms with E-state index in [0.29, 0.717) is 10.4 Å². The van der Waals surface area contributed by atoms with E-state index in [-0.39, 0.29) is 35.3 Å². The quantitative estimate of drug-likeness (QED) is 0.599. The van der Waals surface area contributed by atoms with Gasteiger partial charge in [0.15, 0.2) is 15.6 Å². The molecule has 0 radical (unpaired) electrons. The lowest BCUT2D eigenvalue weighted by Gasteiger charge is -2.06. The minimum absolute atomic E-state index is 0.0158. The predicted octanol–water partition coefficient (Wildman–Crippen LogP) is 2.22. The summed E-state index contributed by atoms with van der Waals surface area (Å²) >= 11 is 1.27. The number of carbonyl (C=O) groups is 2. The van der Waals surface area contributed by atoms with Gasteiger partial charge in [0.1, 0.15) is 5.82 Å². The number of thiophene rings is 1. The standard InChI is InChI=1S/C16H16FNO4S2/c1-11(19)15-8-12(10-23-15)9-16(20)18-6-7-24(21,22)14-4-2-13(17)3-5-14/h2-5,8,10H,6-7,9H2,1H3,(H,18,20). The van der Waals surface area contributed by atoms with Gasteiger partial charge in [-0.25, -0.2) is 12.8 Å². The second kappa shape index (κ2) is 7.67. The lowest BCUT2D eigenvalue weighted by Crippen LogP contribution is -2.30. The van der Waals surface area contributed by atoms with Crippen LogP contribution in [0, 0.1) is 5.82 Å². The number of benzene rings is 1. The van der Waals surface area contributed by atoms with Crippen molar-refractivity contribution in [1.82, 2.24) is 5.32 Å². The highest BCUT2D eigenvalue weighted by molar-refractivity contribution is 7.91. The normalized spacial score (nSPS) is 11.2. The lowest BCUT2D eigenvalue weighted by atomic mass is 10.2. The van der Waals surface area contributed by atoms with Gasteiger partial charge in [-0.2, -0.15) is 0 Å². The summed E-state index contributed by atoms with van der Waals surface area (Å²) in [4.78, 5) is 23.6. The third-order valence-electron chi connectivity index (χ3n) is 3.23. The molecule has 0 saturated carbocycles. The number of carbonyl (C=O) groups excluding carboxylic acids is 2. The number of rotatable bonds is 7. The van der Waals surface area contributed by atoms with Crippen molar-refractivity contribution in [3.63, 3.8) is 0 Å². The number of amides is 1. The van der Waals surface area contributed by atoms with E-state index >= 15 is 0 Å². The van der Waals surface area contributed by atoms with Crippen LogP contribution in [0.5, 0.6) is 0 Å². The Hall–Kier alpha value is -2.06. The smallest absolute Gasteiger partial charge is 0.224 e. The highest BCUT2D eigenvalue weighted by atomic mass is 32.2. The molecule has 0 aliphatic rings. The number of nitrogens with one attached hydrogen (secondary N) is 1. The van der Waals surface area contributed by atoms with Crippen molar-refractivity contribution < 1.29 is 22.4 Å². The second-order valence-corrected chi connectivity index (χ2v) is 8.20. The maximum atomic E-state index is 12.8. The first-order valence-electron chi connectivity index (χ1n) is 7.11. The predicted molar refractivity (Wildman–Crippen MR) is 89.5 cm³/mol. The minimum atomic E-state index is -3.58. The molecule has 5 nitrogen and oxygen atoms in total. The van der Waals surface area contributed by atoms with Crippen LogP contribution >= 0.6 is 11.3 Å². The Kier molecular flexibility index (Phi) is 5.84. The monoisotopic (exact) mass is 369 g/mol. The number of hydrogen-bond donors (Lipinski definition) is 1. The van der Waals surface area contributed by atoms with Crippen LogP contribution in [-0.2, 0) is 21.1 Å². The molecule has 0 aliphatic heterocycles. The molecule has 1 aromatic heterocycles. The topological polar surface area (TPSA) is 80.3 Å². The van der Waals surface area contributed by atoms with Crippen molar-refractivity contribution in [2.24, 2.45) is 0 Å². The molecule has 128 valence electrons. The summed E-state index contributed by atoms with van der Waals surface area (Å²) in [5, 5.41) is 4.26. The zero-order valence-corrected chi connectivity index (χ0v) is 14.5. The summed E-state index contributed by atoms with van der Waals surface area (Å²) in [5.41, 5.74) is 0.712. The molecule has 1 amide bonds. The van der Waals surface area contributed by atoms with Gasteiger partial charge < -0.3 is 5.32 Å². The first-order valence-corrected chi connectivity index (χ1v) is 9.64. The number of Topliss-reactive ketones (excluding diaryl/α,β-unsaturated/α-hetero) is 1. The molecule has 0 spiro atoms. The second-order valence-electron chi connectivity index (χ2n) is 5.17. The van der Waals surface area contributed by atoms with E-state index in [9.17, 15) is 22.4 Å². The molecule has 1 aromatic carbocycles. The average Bonchev–Trinajstić information content (AvgIpc) is 2.96. The Bertz CT molecular complexity index is 841. The van der Waals surface area contributed by atoms with Gasteiger partial charge in [-0.05, 0) is 48.2 Å². The number of halogens is 1. The molecule has 0 atom stereocenters. The molecule has 24 heavy (non-hydrogen) atoms. The largest absolute Gasteiger partial charge is 0.355 e. The molecule has 2 rings (SSSR count). The lowest BCUT2D eigenvalue weighted by molar-refractivity contribution is -0.120. The van der Waals surface area contributed by atoms with Crippen molar-refractivity contribution in [3.05, 3.63) is 52.0 Å². The SMILES string of the molecule is CC(=O)c1cc(CC(=O)NCCS(=O)(=O)c2ccc(F)cc2)cs1. The van der Waals surface area contributed by atoms with E-state index in [1.54, 1.807) is 11.4 Å². The Labute approximate surface area is 143 Å². The van der Waals surface area contributed by atoms with E-state index in [1.807, 2.05) is 0 Å². The third-order valence-corrected chi connectivity index (χ3v) is 6.04. The van der Waals surface area contributed by atoms with Crippen LogP contribution in [0.4, 0.5) is 4.39 Å². The van der Waals surface area contributed by atoms with E-state index in [0.717, 1.165) is 12.1 Å². The molecule has 0 unspecified atom stereocenters. The Morgan fingerprint density at radius 3 is 2.46 bits per heavy atom. The fourth-order valence-electron chi connectivity index (χ4n) is 1.99. The average molecular weight is 369 g/mol. The van der Waals surface area contributed by atoms with E-state index in [1.165, 1.54) is 30.4 Å². The fourth-order valence-corrected chi connectivity index (χ4v) is 3.96. The van der Waals surface area contributed by atoms with Crippen LogP contribution in [0.1, 0.15) is 22.2 Å². The molecular formula is C16H16FNO4S2. The van der Waals surface area contributed by atoms with Gasteiger partial charge in [0.2, 0.25) is 5.91 Å². The van der Waals surface area contributed by atoms with Gasteiger partial charge in [0.25, 0.3) is 0 Å². The number of ketones is 1. The highest BCUT2D eigenvalue weighted by Crippen LogP contribution is 2.15. The number of hydrogen-bond acceptors (Lipinski definition) is 5. The molecule has 0 bridgehead atoms. The maximum Gasteiger partial charge on any atom is 0.224 e. The van der Waals surface area contributed by atoms with E-state index in [4.69, 9.17) is 0 Å². The summed E-state index contributed by atoms with van der Waals surface area (Å²) in [5.74, 6) is -1.16. The van der Waals surface area contributed by atoms with Crippen LogP contribution in [0.3, 0.4) is 0 Å². The van der Waals surface area contributed by atoms with Gasteiger partial charge in [-0.15, -0.1) is 11.3 Å². The van der Waals surface area contributed by atoms with Crippen molar-refractivity contribution in [2.75, 3.05) is 12.3 Å². The van der Waals surface area contributed by atoms with Crippen LogP contribution in [-0.4, -0.2) is 32.4 Å². The molecule has 0 saturated heterocycles. The summed E-state index contributed by atoms with van der Waals surface area (Å²) in [6, 6.07) is 6.20. The molecule has 0 aliphatic carbocycles. The molecule has 0 fully saturated rings. The van der Waals surface area contributed by atoms with Gasteiger partial charge in [-0.1, -0.05) is 0 Å². The minimum Gasteiger partial charge on any atom is -0.355 e. The van der Waals surface area contributed by atoms with Crippen LogP contribution in [0.2, 0.25) is 0 Å². The molecular weight excluding hydrogens is 353 g/mol. The van der Waals surface area contributed by atoms with Gasteiger partial charge >= 0.3 is 0 Å². The van der Waals surface area contributed by atoms with Gasteiger partial charge in [0.05, 0.1) is 21.9 Å². The summed E-state index contributed by atoms with van der Waals surface area (Å²) in [6.07, 6.45) is 0.0837. The molecule has 2 aromatic rings. The van der Waals surface area contributed by atoms with Gasteiger partial charge in [-0.3, -0.25) is 9.59 Å². The third kappa shape index (κ3) is 4.97. The zero-order chi connectivity index (χ0) is 17.7. The van der Waals surface area contributed by atoms with E-state index in [2.05, 4.69) is 5.32 Å². The maximum absolute atomic E-state index is 12.8. The highest BCUT2D eigenvalue weighted by Gasteiger charge is 2.15. The molecule has 1 heterocycles. The zero-order valence-electron chi connectivity index (χ0n) is 12.9. The van der Waals surface area contributed by atoms with Gasteiger partial charge in [0, 0.05) is 6.54 Å². The van der Waals surface area contributed by atoms with Crippen molar-refractivity contribution in [1.29, 1.82) is 0 Å². The molecule has 8 heteroatoms. The molecule has 1 N–H and O–H groups in total. The summed E-state index contributed by atoms with van der Waals surface area (Å²) in [6.45, 7) is 1.41. The van der Waals surface area contributed by atoms with Crippen molar-refractivity contribution in [2.45, 2.75) is 18.2 Å². The van der Waals surface area contributed by atoms with Crippen molar-refractivity contribution in [3.8, 4) is 0 Å². The van der Waals surface area contributed by atoms with E-state index < -0.39 is 15.7 Å². The Morgan fingerprint density at radius 2 is 1.88 bits per heavy atom. The first kappa shape index (κ1) is 18.3. The number of sulfone groups is 1. The summed E-state index contributed by atoms with van der Waals surface area (Å²) in [7, 11) is -3.58. The Balaban J connectivity index is 1.85. The Morgan fingerprint density at radius 1 is 1.21 bits per heavy atom. The van der Waals surface area contributed by atoms with Crippen LogP contribution < -0.4 is 5.32 Å². The van der Waals surface area contributed by atoms with Crippen molar-refractivity contribution >= 4 is 32.9 Å². The summed E-state index contributed by atoms with van der Waals surface area (Å²) < 4.78 is 36.9. The first-order chi connectivity index (χ1) is 11.3. The van der Waals surface area contributed by atoms with Crippen LogP contribution in [0.15, 0.2) is 40.6 Å². The van der Waals surface area contributed by atoms with Crippen LogP contribution in [0.25, 0.3) is 0 Å². The fraction of sp³-hybridized carbons (Fsp3) is 0.250.